The Balaban J connectivity index is 1.59. The number of nitrogens with two attached hydrogens (primary N) is 1. The van der Waals surface area contributed by atoms with E-state index in [1.54, 1.807) is 4.57 Å². The third-order valence-electron chi connectivity index (χ3n) is 7.80. The molecule has 6 rings (SSSR count). The number of halogens is 1. The average molecular weight is 399 g/mol. The molecular weight excluding hydrogens is 377 g/mol. The van der Waals surface area contributed by atoms with Crippen LogP contribution in [-0.2, 0) is 0 Å². The Bertz CT molecular complexity index is 1170. The van der Waals surface area contributed by atoms with Gasteiger partial charge < -0.3 is 25.0 Å². The number of aromatic nitrogens is 1. The number of carboxylic acid groups (broad SMARTS) is 1. The van der Waals surface area contributed by atoms with E-state index < -0.39 is 17.2 Å². The van der Waals surface area contributed by atoms with Crippen LogP contribution in [0.1, 0.15) is 42.6 Å². The lowest BCUT2D eigenvalue weighted by molar-refractivity contribution is 0.0694. The molecule has 2 saturated carbocycles. The number of aromatic carboxylic acids is 1. The first-order chi connectivity index (χ1) is 13.8. The summed E-state index contributed by atoms with van der Waals surface area (Å²) >= 11 is 0. The summed E-state index contributed by atoms with van der Waals surface area (Å²) in [4.78, 5) is 26.2. The fourth-order valence-corrected chi connectivity index (χ4v) is 6.19. The minimum Gasteiger partial charge on any atom is -0.487 e. The van der Waals surface area contributed by atoms with E-state index in [1.165, 1.54) is 12.3 Å². The molecule has 3 fully saturated rings. The van der Waals surface area contributed by atoms with E-state index in [4.69, 9.17) is 10.5 Å². The minimum atomic E-state index is -1.32. The Morgan fingerprint density at radius 2 is 2.21 bits per heavy atom. The van der Waals surface area contributed by atoms with Crippen LogP contribution in [0.5, 0.6) is 5.75 Å². The second kappa shape index (κ2) is 5.11. The Morgan fingerprint density at radius 1 is 1.41 bits per heavy atom. The molecule has 1 aromatic heterocycles. The Hall–Kier alpha value is -2.61. The third-order valence-corrected chi connectivity index (χ3v) is 7.80. The summed E-state index contributed by atoms with van der Waals surface area (Å²) in [5.41, 5.74) is 6.26. The van der Waals surface area contributed by atoms with Crippen molar-refractivity contribution in [1.29, 1.82) is 0 Å². The van der Waals surface area contributed by atoms with Gasteiger partial charge in [0.05, 0.1) is 16.9 Å². The van der Waals surface area contributed by atoms with Crippen LogP contribution in [0.2, 0.25) is 0 Å². The second-order valence-corrected chi connectivity index (χ2v) is 9.28. The Kier molecular flexibility index (Phi) is 3.04. The molecule has 2 aliphatic carbocycles. The zero-order valence-electron chi connectivity index (χ0n) is 16.1. The molecule has 1 spiro atoms. The summed E-state index contributed by atoms with van der Waals surface area (Å²) in [5, 5.41) is 9.45. The minimum absolute atomic E-state index is 0.0389. The molecule has 0 bridgehead atoms. The van der Waals surface area contributed by atoms with Crippen molar-refractivity contribution in [2.45, 2.75) is 37.8 Å². The van der Waals surface area contributed by atoms with Crippen LogP contribution in [0, 0.1) is 17.2 Å². The number of pyridine rings is 1. The van der Waals surface area contributed by atoms with Crippen LogP contribution < -0.4 is 20.8 Å². The van der Waals surface area contributed by atoms with Crippen LogP contribution in [0.3, 0.4) is 0 Å². The van der Waals surface area contributed by atoms with Crippen LogP contribution in [0.25, 0.3) is 10.9 Å². The monoisotopic (exact) mass is 399 g/mol. The highest BCUT2D eigenvalue weighted by molar-refractivity contribution is 5.97. The van der Waals surface area contributed by atoms with E-state index in [1.807, 2.05) is 11.8 Å². The van der Waals surface area contributed by atoms with Gasteiger partial charge in [0.15, 0.2) is 11.6 Å². The zero-order chi connectivity index (χ0) is 20.3. The summed E-state index contributed by atoms with van der Waals surface area (Å²) in [5.74, 6) is -0.939. The zero-order valence-corrected chi connectivity index (χ0v) is 16.1. The molecule has 3 N–H and O–H groups in total. The number of benzene rings is 1. The lowest BCUT2D eigenvalue weighted by atomic mass is 9.86. The van der Waals surface area contributed by atoms with E-state index in [2.05, 4.69) is 0 Å². The van der Waals surface area contributed by atoms with Crippen molar-refractivity contribution in [3.8, 4) is 5.75 Å². The topological polar surface area (TPSA) is 97.8 Å². The maximum Gasteiger partial charge on any atom is 0.341 e. The standard InChI is InChI=1S/C21H22FN3O4/c1-10-7-29-18-15-12(17(26)13(19(27)28)6-25(10)15)4-14(22)16(18)24-8-20-5-11(20)2-3-21(20,23)9-24/h4,6,10-11H,2-3,5,7-9,23H2,1H3,(H,27,28). The van der Waals surface area contributed by atoms with Gasteiger partial charge in [0.1, 0.15) is 17.9 Å². The van der Waals surface area contributed by atoms with Crippen molar-refractivity contribution in [3.05, 3.63) is 33.9 Å². The summed E-state index contributed by atoms with van der Waals surface area (Å²) in [6, 6.07) is 0.993. The SMILES string of the molecule is CC1COc2c(N3CC4(N)CCC5CC54C3)c(F)cc3c(=O)c(C(=O)O)cn1c23. The van der Waals surface area contributed by atoms with E-state index in [-0.39, 0.29) is 34.6 Å². The fraction of sp³-hybridized carbons (Fsp3) is 0.524. The van der Waals surface area contributed by atoms with Crippen molar-refractivity contribution in [2.24, 2.45) is 17.1 Å². The summed E-state index contributed by atoms with van der Waals surface area (Å²) < 4.78 is 23.1. The van der Waals surface area contributed by atoms with Gasteiger partial charge in [-0.05, 0) is 38.2 Å². The molecule has 2 aliphatic heterocycles. The highest BCUT2D eigenvalue weighted by Crippen LogP contribution is 2.70. The summed E-state index contributed by atoms with van der Waals surface area (Å²) in [7, 11) is 0. The normalized spacial score (nSPS) is 34.1. The number of hydrogen-bond donors (Lipinski definition) is 2. The quantitative estimate of drug-likeness (QED) is 0.803. The average Bonchev–Trinajstić information content (AvgIpc) is 3.19. The van der Waals surface area contributed by atoms with Gasteiger partial charge in [0.2, 0.25) is 5.43 Å². The highest BCUT2D eigenvalue weighted by atomic mass is 19.1. The first-order valence-electron chi connectivity index (χ1n) is 10.1. The number of ether oxygens (including phenoxy) is 1. The molecule has 7 nitrogen and oxygen atoms in total. The predicted octanol–water partition coefficient (Wildman–Crippen LogP) is 2.11. The summed E-state index contributed by atoms with van der Waals surface area (Å²) in [6.45, 7) is 3.41. The molecule has 4 unspecified atom stereocenters. The lowest BCUT2D eigenvalue weighted by Crippen LogP contribution is -2.47. The number of hydrogen-bond acceptors (Lipinski definition) is 5. The molecule has 3 heterocycles. The van der Waals surface area contributed by atoms with Gasteiger partial charge in [0.25, 0.3) is 0 Å². The Labute approximate surface area is 165 Å². The van der Waals surface area contributed by atoms with E-state index in [0.717, 1.165) is 19.3 Å². The van der Waals surface area contributed by atoms with Gasteiger partial charge in [-0.3, -0.25) is 4.79 Å². The first kappa shape index (κ1) is 17.3. The van der Waals surface area contributed by atoms with Crippen LogP contribution >= 0.6 is 0 Å². The third kappa shape index (κ3) is 1.95. The summed E-state index contributed by atoms with van der Waals surface area (Å²) in [6.07, 6.45) is 4.53. The molecule has 152 valence electrons. The molecule has 2 aromatic rings. The maximum absolute atomic E-state index is 15.4. The van der Waals surface area contributed by atoms with Gasteiger partial charge in [-0.2, -0.15) is 0 Å². The predicted molar refractivity (Wildman–Crippen MR) is 104 cm³/mol. The van der Waals surface area contributed by atoms with E-state index in [0.29, 0.717) is 36.0 Å². The molecule has 0 amide bonds. The number of anilines is 1. The van der Waals surface area contributed by atoms with Crippen LogP contribution in [0.15, 0.2) is 17.1 Å². The number of nitrogens with zero attached hydrogens (tertiary/aromatic N) is 2. The van der Waals surface area contributed by atoms with E-state index in [9.17, 15) is 14.7 Å². The number of carboxylic acids is 1. The second-order valence-electron chi connectivity index (χ2n) is 9.28. The molecule has 4 aliphatic rings. The maximum atomic E-state index is 15.4. The largest absolute Gasteiger partial charge is 0.487 e. The molecular formula is C21H22FN3O4. The van der Waals surface area contributed by atoms with Gasteiger partial charge >= 0.3 is 5.97 Å². The smallest absolute Gasteiger partial charge is 0.341 e. The molecule has 4 atom stereocenters. The molecule has 0 radical (unpaired) electrons. The van der Waals surface area contributed by atoms with Gasteiger partial charge in [-0.15, -0.1) is 0 Å². The Morgan fingerprint density at radius 3 is 2.90 bits per heavy atom. The number of rotatable bonds is 2. The van der Waals surface area contributed by atoms with Crippen LogP contribution in [-0.4, -0.2) is 40.9 Å². The number of carbonyl (C=O) groups is 1. The molecule has 1 saturated heterocycles. The van der Waals surface area contributed by atoms with Crippen LogP contribution in [0.4, 0.5) is 10.1 Å². The van der Waals surface area contributed by atoms with Crippen molar-refractivity contribution < 1.29 is 19.0 Å². The van der Waals surface area contributed by atoms with Gasteiger partial charge in [0, 0.05) is 30.2 Å². The first-order valence-corrected chi connectivity index (χ1v) is 10.1. The van der Waals surface area contributed by atoms with Gasteiger partial charge in [-0.25, -0.2) is 9.18 Å². The molecule has 29 heavy (non-hydrogen) atoms. The van der Waals surface area contributed by atoms with Crippen molar-refractivity contribution >= 4 is 22.6 Å². The van der Waals surface area contributed by atoms with E-state index >= 15 is 4.39 Å². The van der Waals surface area contributed by atoms with Crippen molar-refractivity contribution in [2.75, 3.05) is 24.6 Å². The highest BCUT2D eigenvalue weighted by Gasteiger charge is 2.72. The lowest BCUT2D eigenvalue weighted by Gasteiger charge is -2.32. The fourth-order valence-electron chi connectivity index (χ4n) is 6.19. The molecule has 8 heteroatoms. The van der Waals surface area contributed by atoms with Gasteiger partial charge in [-0.1, -0.05) is 0 Å². The van der Waals surface area contributed by atoms with Crippen molar-refractivity contribution in [1.82, 2.24) is 4.57 Å². The van der Waals surface area contributed by atoms with Crippen molar-refractivity contribution in [3.63, 3.8) is 0 Å². The molecule has 1 aromatic carbocycles.